The molecule has 10 heteroatoms. The van der Waals surface area contributed by atoms with E-state index in [9.17, 15) is 13.2 Å². The topological polar surface area (TPSA) is 58.5 Å². The van der Waals surface area contributed by atoms with Crippen molar-refractivity contribution in [2.45, 2.75) is 59.2 Å². The van der Waals surface area contributed by atoms with Gasteiger partial charge in [-0.05, 0) is 38.8 Å². The molecule has 0 atom stereocenters. The largest absolute Gasteiger partial charge is 0.434 e. The molecule has 2 N–H and O–H groups in total. The zero-order chi connectivity index (χ0) is 21.5. The van der Waals surface area contributed by atoms with Crippen LogP contribution in [0.25, 0.3) is 0 Å². The van der Waals surface area contributed by atoms with Gasteiger partial charge < -0.3 is 15.4 Å². The van der Waals surface area contributed by atoms with Crippen molar-refractivity contribution in [3.8, 4) is 0 Å². The smallest absolute Gasteiger partial charge is 0.371 e. The third-order valence-corrected chi connectivity index (χ3v) is 4.53. The van der Waals surface area contributed by atoms with Crippen LogP contribution < -0.4 is 10.6 Å². The molecule has 1 aromatic heterocycles. The van der Waals surface area contributed by atoms with E-state index < -0.39 is 11.9 Å². The Hall–Kier alpha value is -1.40. The third-order valence-electron chi connectivity index (χ3n) is 3.68. The number of rotatable bonds is 7. The van der Waals surface area contributed by atoms with Crippen LogP contribution in [0.5, 0.6) is 0 Å². The van der Waals surface area contributed by atoms with E-state index in [1.807, 2.05) is 52.0 Å². The summed E-state index contributed by atoms with van der Waals surface area (Å²) in [7, 11) is 0. The molecule has 0 aliphatic rings. The van der Waals surface area contributed by atoms with E-state index in [-0.39, 0.29) is 36.1 Å². The molecule has 5 nitrogen and oxygen atoms in total. The van der Waals surface area contributed by atoms with Gasteiger partial charge in [-0.3, -0.25) is 0 Å². The summed E-state index contributed by atoms with van der Waals surface area (Å²) < 4.78 is 43.8. The van der Waals surface area contributed by atoms with Crippen LogP contribution in [0.2, 0.25) is 0 Å². The van der Waals surface area contributed by atoms with Crippen molar-refractivity contribution in [2.24, 2.45) is 4.99 Å². The quantitative estimate of drug-likeness (QED) is 0.274. The number of benzene rings is 1. The van der Waals surface area contributed by atoms with Gasteiger partial charge in [0, 0.05) is 11.9 Å². The number of hydrogen-bond acceptors (Lipinski definition) is 4. The van der Waals surface area contributed by atoms with Crippen LogP contribution >= 0.6 is 35.3 Å². The Kier molecular flexibility index (Phi) is 10.5. The monoisotopic (exact) mass is 556 g/mol. The summed E-state index contributed by atoms with van der Waals surface area (Å²) in [6, 6.07) is 7.98. The normalized spacial score (nSPS) is 12.4. The Morgan fingerprint density at radius 3 is 2.47 bits per heavy atom. The molecular weight excluding hydrogens is 528 g/mol. The first-order valence-electron chi connectivity index (χ1n) is 9.32. The second-order valence-electron chi connectivity index (χ2n) is 7.39. The van der Waals surface area contributed by atoms with Crippen LogP contribution in [0.3, 0.4) is 0 Å². The highest BCUT2D eigenvalue weighted by Crippen LogP contribution is 2.29. The maximum absolute atomic E-state index is 12.7. The molecule has 0 amide bonds. The van der Waals surface area contributed by atoms with Gasteiger partial charge in [-0.1, -0.05) is 24.3 Å². The fourth-order valence-electron chi connectivity index (χ4n) is 2.31. The summed E-state index contributed by atoms with van der Waals surface area (Å²) in [4.78, 5) is 8.13. The average molecular weight is 556 g/mol. The van der Waals surface area contributed by atoms with Gasteiger partial charge in [-0.2, -0.15) is 13.2 Å². The summed E-state index contributed by atoms with van der Waals surface area (Å²) in [6.07, 6.45) is -4.42. The lowest BCUT2D eigenvalue weighted by Gasteiger charge is -2.19. The summed E-state index contributed by atoms with van der Waals surface area (Å²) >= 11 is 0.970. The van der Waals surface area contributed by atoms with Crippen LogP contribution in [0.4, 0.5) is 13.2 Å². The predicted molar refractivity (Wildman–Crippen MR) is 125 cm³/mol. The molecule has 0 radical (unpaired) electrons. The molecule has 30 heavy (non-hydrogen) atoms. The van der Waals surface area contributed by atoms with Crippen molar-refractivity contribution in [3.63, 3.8) is 0 Å². The molecule has 168 valence electrons. The Bertz CT molecular complexity index is 819. The van der Waals surface area contributed by atoms with Crippen molar-refractivity contribution in [2.75, 3.05) is 6.54 Å². The first-order chi connectivity index (χ1) is 13.6. The lowest BCUT2D eigenvalue weighted by molar-refractivity contribution is -0.140. The highest BCUT2D eigenvalue weighted by Gasteiger charge is 2.33. The molecule has 0 aliphatic carbocycles. The van der Waals surface area contributed by atoms with Gasteiger partial charge in [-0.25, -0.2) is 9.98 Å². The minimum Gasteiger partial charge on any atom is -0.371 e. The van der Waals surface area contributed by atoms with E-state index in [0.717, 1.165) is 27.8 Å². The molecular formula is C20H28F3IN4OS. The maximum Gasteiger partial charge on any atom is 0.434 e. The summed E-state index contributed by atoms with van der Waals surface area (Å²) in [5, 5.41) is 7.49. The lowest BCUT2D eigenvalue weighted by Crippen LogP contribution is -2.36. The number of nitrogens with one attached hydrogen (secondary N) is 2. The Labute approximate surface area is 196 Å². The van der Waals surface area contributed by atoms with Crippen LogP contribution in [0.1, 0.15) is 49.5 Å². The fraction of sp³-hybridized carbons (Fsp3) is 0.500. The number of alkyl halides is 3. The summed E-state index contributed by atoms with van der Waals surface area (Å²) in [5.41, 5.74) is 1.01. The minimum absolute atomic E-state index is 0. The van der Waals surface area contributed by atoms with Crippen molar-refractivity contribution in [3.05, 3.63) is 51.5 Å². The fourth-order valence-corrected chi connectivity index (χ4v) is 3.05. The molecule has 0 fully saturated rings. The average Bonchev–Trinajstić information content (AvgIpc) is 3.12. The van der Waals surface area contributed by atoms with E-state index in [1.54, 1.807) is 0 Å². The number of halogens is 4. The van der Waals surface area contributed by atoms with E-state index >= 15 is 0 Å². The minimum atomic E-state index is -4.42. The summed E-state index contributed by atoms with van der Waals surface area (Å²) in [6.45, 7) is 9.71. The van der Waals surface area contributed by atoms with Crippen LogP contribution in [-0.4, -0.2) is 23.1 Å². The molecule has 0 saturated carbocycles. The number of aliphatic imine (C=N–C) groups is 1. The number of aromatic nitrogens is 1. The summed E-state index contributed by atoms with van der Waals surface area (Å²) in [5.74, 6) is 0.521. The first kappa shape index (κ1) is 26.6. The maximum atomic E-state index is 12.7. The van der Waals surface area contributed by atoms with E-state index in [2.05, 4.69) is 20.6 Å². The van der Waals surface area contributed by atoms with Gasteiger partial charge in [0.25, 0.3) is 0 Å². The van der Waals surface area contributed by atoms with Crippen molar-refractivity contribution in [1.82, 2.24) is 15.6 Å². The Morgan fingerprint density at radius 2 is 1.87 bits per heavy atom. The predicted octanol–water partition coefficient (Wildman–Crippen LogP) is 5.35. The highest BCUT2D eigenvalue weighted by molar-refractivity contribution is 14.0. The van der Waals surface area contributed by atoms with E-state index in [1.165, 1.54) is 0 Å². The van der Waals surface area contributed by atoms with Crippen LogP contribution in [0, 0.1) is 0 Å². The molecule has 2 rings (SSSR count). The molecule has 0 saturated heterocycles. The van der Waals surface area contributed by atoms with Gasteiger partial charge in [0.15, 0.2) is 11.7 Å². The zero-order valence-corrected chi connectivity index (χ0v) is 20.6. The third kappa shape index (κ3) is 9.61. The van der Waals surface area contributed by atoms with Gasteiger partial charge in [0.05, 0.1) is 25.3 Å². The SMILES string of the molecule is CCNC(=NCc1cccc(COC(C)(C)C)c1)NCc1nc(C(F)(F)F)cs1.I. The van der Waals surface area contributed by atoms with Crippen LogP contribution in [0.15, 0.2) is 34.6 Å². The highest BCUT2D eigenvalue weighted by atomic mass is 127. The molecule has 1 aromatic carbocycles. The number of hydrogen-bond donors (Lipinski definition) is 2. The van der Waals surface area contributed by atoms with Gasteiger partial charge in [0.2, 0.25) is 0 Å². The molecule has 0 bridgehead atoms. The zero-order valence-electron chi connectivity index (χ0n) is 17.5. The molecule has 0 unspecified atom stereocenters. The first-order valence-corrected chi connectivity index (χ1v) is 10.2. The Morgan fingerprint density at radius 1 is 1.17 bits per heavy atom. The van der Waals surface area contributed by atoms with Crippen LogP contribution in [-0.2, 0) is 30.6 Å². The molecule has 2 aromatic rings. The number of guanidine groups is 1. The van der Waals surface area contributed by atoms with Gasteiger partial charge >= 0.3 is 6.18 Å². The van der Waals surface area contributed by atoms with Gasteiger partial charge in [-0.15, -0.1) is 35.3 Å². The van der Waals surface area contributed by atoms with Crippen molar-refractivity contribution in [1.29, 1.82) is 0 Å². The molecule has 0 spiro atoms. The standard InChI is InChI=1S/C20H27F3N4OS.HI/c1-5-24-18(26-11-17-27-16(13-29-17)20(21,22)23)25-10-14-7-6-8-15(9-14)12-28-19(2,3)4;/h6-9,13H,5,10-12H2,1-4H3,(H2,24,25,26);1H. The van der Waals surface area contributed by atoms with Crippen molar-refractivity contribution >= 4 is 41.3 Å². The number of nitrogens with zero attached hydrogens (tertiary/aromatic N) is 2. The van der Waals surface area contributed by atoms with Gasteiger partial charge in [0.1, 0.15) is 5.01 Å². The number of ether oxygens (including phenoxy) is 1. The number of thiazole rings is 1. The van der Waals surface area contributed by atoms with E-state index in [4.69, 9.17) is 4.74 Å². The Balaban J connectivity index is 0.00000450. The van der Waals surface area contributed by atoms with Crippen molar-refractivity contribution < 1.29 is 17.9 Å². The second kappa shape index (κ2) is 11.8. The second-order valence-corrected chi connectivity index (χ2v) is 8.34. The lowest BCUT2D eigenvalue weighted by atomic mass is 10.1. The molecule has 0 aliphatic heterocycles. The molecule has 1 heterocycles. The van der Waals surface area contributed by atoms with E-state index in [0.29, 0.717) is 30.7 Å².